The highest BCUT2D eigenvalue weighted by molar-refractivity contribution is 5.05. The molecule has 1 saturated carbocycles. The van der Waals surface area contributed by atoms with Crippen molar-refractivity contribution >= 4 is 0 Å². The molecule has 1 atom stereocenters. The van der Waals surface area contributed by atoms with Crippen LogP contribution in [0.2, 0.25) is 0 Å². The first kappa shape index (κ1) is 8.75. The van der Waals surface area contributed by atoms with Crippen molar-refractivity contribution in [2.75, 3.05) is 0 Å². The summed E-state index contributed by atoms with van der Waals surface area (Å²) in [5.41, 5.74) is 1.14. The van der Waals surface area contributed by atoms with Crippen LogP contribution in [-0.2, 0) is 13.5 Å². The summed E-state index contributed by atoms with van der Waals surface area (Å²) < 4.78 is 1.78. The van der Waals surface area contributed by atoms with Gasteiger partial charge in [-0.2, -0.15) is 5.10 Å². The van der Waals surface area contributed by atoms with E-state index in [-0.39, 0.29) is 6.10 Å². The molecular weight excluding hydrogens is 164 g/mol. The van der Waals surface area contributed by atoms with Crippen molar-refractivity contribution in [3.63, 3.8) is 0 Å². The Kier molecular flexibility index (Phi) is 2.36. The Balaban J connectivity index is 1.89. The molecule has 0 spiro atoms. The second-order valence-electron chi connectivity index (χ2n) is 3.98. The highest BCUT2D eigenvalue weighted by Gasteiger charge is 2.25. The molecule has 0 radical (unpaired) electrons. The van der Waals surface area contributed by atoms with Crippen molar-refractivity contribution in [2.24, 2.45) is 13.0 Å². The number of hydrogen-bond acceptors (Lipinski definition) is 2. The highest BCUT2D eigenvalue weighted by Crippen LogP contribution is 2.30. The molecule has 0 aromatic carbocycles. The van der Waals surface area contributed by atoms with Gasteiger partial charge in [-0.3, -0.25) is 4.68 Å². The van der Waals surface area contributed by atoms with Gasteiger partial charge >= 0.3 is 0 Å². The average Bonchev–Trinajstić information content (AvgIpc) is 2.31. The molecule has 3 nitrogen and oxygen atoms in total. The fourth-order valence-electron chi connectivity index (χ4n) is 1.81. The van der Waals surface area contributed by atoms with Crippen LogP contribution in [-0.4, -0.2) is 21.0 Å². The normalized spacial score (nSPS) is 19.8. The molecule has 1 aliphatic carbocycles. The quantitative estimate of drug-likeness (QED) is 0.757. The van der Waals surface area contributed by atoms with Crippen LogP contribution >= 0.6 is 0 Å². The predicted octanol–water partition coefficient (Wildman–Crippen LogP) is 1.12. The van der Waals surface area contributed by atoms with Crippen LogP contribution < -0.4 is 0 Å². The number of aromatic nitrogens is 2. The first-order valence-electron chi connectivity index (χ1n) is 4.91. The van der Waals surface area contributed by atoms with E-state index < -0.39 is 0 Å². The predicted molar refractivity (Wildman–Crippen MR) is 50.3 cm³/mol. The van der Waals surface area contributed by atoms with Gasteiger partial charge < -0.3 is 5.11 Å². The van der Waals surface area contributed by atoms with E-state index in [1.165, 1.54) is 19.3 Å². The fourth-order valence-corrected chi connectivity index (χ4v) is 1.81. The number of aliphatic hydroxyl groups is 1. The van der Waals surface area contributed by atoms with Crippen molar-refractivity contribution in [1.82, 2.24) is 9.78 Å². The van der Waals surface area contributed by atoms with Crippen LogP contribution in [0.5, 0.6) is 0 Å². The van der Waals surface area contributed by atoms with Gasteiger partial charge in [0, 0.05) is 19.7 Å². The Hall–Kier alpha value is -0.830. The van der Waals surface area contributed by atoms with Crippen molar-refractivity contribution in [1.29, 1.82) is 0 Å². The van der Waals surface area contributed by atoms with Gasteiger partial charge in [-0.1, -0.05) is 6.42 Å². The summed E-state index contributed by atoms with van der Waals surface area (Å²) in [4.78, 5) is 0. The average molecular weight is 180 g/mol. The molecule has 13 heavy (non-hydrogen) atoms. The van der Waals surface area contributed by atoms with Gasteiger partial charge in [0.2, 0.25) is 0 Å². The van der Waals surface area contributed by atoms with Crippen molar-refractivity contribution in [3.05, 3.63) is 18.0 Å². The van der Waals surface area contributed by atoms with Gasteiger partial charge in [-0.25, -0.2) is 0 Å². The van der Waals surface area contributed by atoms with Crippen molar-refractivity contribution in [2.45, 2.75) is 31.8 Å². The van der Waals surface area contributed by atoms with Crippen LogP contribution in [0.3, 0.4) is 0 Å². The van der Waals surface area contributed by atoms with Gasteiger partial charge in [0.25, 0.3) is 0 Å². The third-order valence-electron chi connectivity index (χ3n) is 2.90. The molecule has 0 saturated heterocycles. The summed E-state index contributed by atoms with van der Waals surface area (Å²) in [6.45, 7) is 0. The molecule has 2 rings (SSSR count). The van der Waals surface area contributed by atoms with Crippen LogP contribution in [0.4, 0.5) is 0 Å². The van der Waals surface area contributed by atoms with E-state index in [0.29, 0.717) is 5.92 Å². The van der Waals surface area contributed by atoms with E-state index in [9.17, 15) is 5.11 Å². The maximum absolute atomic E-state index is 9.79. The van der Waals surface area contributed by atoms with Crippen LogP contribution in [0.1, 0.15) is 24.8 Å². The smallest absolute Gasteiger partial charge is 0.0609 e. The maximum Gasteiger partial charge on any atom is 0.0609 e. The molecule has 72 valence electrons. The molecule has 3 heteroatoms. The second-order valence-corrected chi connectivity index (χ2v) is 3.98. The molecule has 0 amide bonds. The number of rotatable bonds is 3. The lowest BCUT2D eigenvalue weighted by molar-refractivity contribution is 0.0630. The summed E-state index contributed by atoms with van der Waals surface area (Å²) >= 11 is 0. The number of nitrogens with zero attached hydrogens (tertiary/aromatic N) is 2. The number of hydrogen-bond donors (Lipinski definition) is 1. The Labute approximate surface area is 78.4 Å². The Bertz CT molecular complexity index is 278. The zero-order valence-electron chi connectivity index (χ0n) is 7.98. The van der Waals surface area contributed by atoms with Crippen molar-refractivity contribution < 1.29 is 5.11 Å². The molecule has 1 aromatic heterocycles. The molecule has 0 aliphatic heterocycles. The zero-order valence-corrected chi connectivity index (χ0v) is 7.98. The van der Waals surface area contributed by atoms with Gasteiger partial charge in [0.05, 0.1) is 12.3 Å². The number of aliphatic hydroxyl groups excluding tert-OH is 1. The lowest BCUT2D eigenvalue weighted by Crippen LogP contribution is -2.28. The van der Waals surface area contributed by atoms with E-state index in [4.69, 9.17) is 0 Å². The van der Waals surface area contributed by atoms with Gasteiger partial charge in [0.15, 0.2) is 0 Å². The Morgan fingerprint density at radius 2 is 2.46 bits per heavy atom. The molecule has 1 heterocycles. The summed E-state index contributed by atoms with van der Waals surface area (Å²) in [7, 11) is 1.90. The largest absolute Gasteiger partial charge is 0.392 e. The molecule has 1 aromatic rings. The van der Waals surface area contributed by atoms with Crippen LogP contribution in [0, 0.1) is 5.92 Å². The molecule has 1 N–H and O–H groups in total. The monoisotopic (exact) mass is 180 g/mol. The molecule has 1 fully saturated rings. The number of aryl methyl sites for hydroxylation is 1. The summed E-state index contributed by atoms with van der Waals surface area (Å²) in [6.07, 6.45) is 8.10. The van der Waals surface area contributed by atoms with E-state index in [1.54, 1.807) is 4.68 Å². The first-order valence-corrected chi connectivity index (χ1v) is 4.91. The van der Waals surface area contributed by atoms with E-state index in [2.05, 4.69) is 5.10 Å². The Morgan fingerprint density at radius 3 is 2.92 bits per heavy atom. The summed E-state index contributed by atoms with van der Waals surface area (Å²) in [6, 6.07) is 0. The minimum Gasteiger partial charge on any atom is -0.392 e. The Morgan fingerprint density at radius 1 is 1.69 bits per heavy atom. The maximum atomic E-state index is 9.79. The van der Waals surface area contributed by atoms with Crippen molar-refractivity contribution in [3.8, 4) is 0 Å². The van der Waals surface area contributed by atoms with E-state index >= 15 is 0 Å². The molecular formula is C10H16N2O. The molecule has 1 unspecified atom stereocenters. The highest BCUT2D eigenvalue weighted by atomic mass is 16.3. The summed E-state index contributed by atoms with van der Waals surface area (Å²) in [5.74, 6) is 0.542. The minimum atomic E-state index is -0.155. The van der Waals surface area contributed by atoms with E-state index in [1.807, 2.05) is 19.4 Å². The lowest BCUT2D eigenvalue weighted by Gasteiger charge is -2.29. The van der Waals surface area contributed by atoms with Gasteiger partial charge in [-0.15, -0.1) is 0 Å². The topological polar surface area (TPSA) is 38.0 Å². The molecule has 1 aliphatic rings. The molecule has 0 bridgehead atoms. The minimum absolute atomic E-state index is 0.155. The first-order chi connectivity index (χ1) is 6.25. The van der Waals surface area contributed by atoms with E-state index in [0.717, 1.165) is 12.0 Å². The standard InChI is InChI=1S/C10H16N2O/c1-12-7-8(6-11-12)5-10(13)9-3-2-4-9/h6-7,9-10,13H,2-5H2,1H3. The fraction of sp³-hybridized carbons (Fsp3) is 0.700. The summed E-state index contributed by atoms with van der Waals surface area (Å²) in [5, 5.41) is 13.9. The lowest BCUT2D eigenvalue weighted by atomic mass is 9.79. The third-order valence-corrected chi connectivity index (χ3v) is 2.90. The SMILES string of the molecule is Cn1cc(CC(O)C2CCC2)cn1. The van der Waals surface area contributed by atoms with Gasteiger partial charge in [0.1, 0.15) is 0 Å². The second kappa shape index (κ2) is 3.50. The zero-order chi connectivity index (χ0) is 9.26. The van der Waals surface area contributed by atoms with Gasteiger partial charge in [-0.05, 0) is 24.3 Å². The van der Waals surface area contributed by atoms with Crippen LogP contribution in [0.15, 0.2) is 12.4 Å². The van der Waals surface area contributed by atoms with Crippen LogP contribution in [0.25, 0.3) is 0 Å². The third kappa shape index (κ3) is 1.91.